The minimum atomic E-state index is -0.892. The standard InChI is InChI=1S/C7H13N3O2/c1-10-2-6(9-4-10)7(12)5(8)3-11/h2,4-5,7,11-12H,3,8H2,1H3. The summed E-state index contributed by atoms with van der Waals surface area (Å²) < 4.78 is 1.71. The molecule has 1 rings (SSSR count). The van der Waals surface area contributed by atoms with Gasteiger partial charge in [-0.25, -0.2) is 4.98 Å². The lowest BCUT2D eigenvalue weighted by Gasteiger charge is -2.13. The number of hydrogen-bond donors (Lipinski definition) is 3. The normalized spacial score (nSPS) is 16.0. The van der Waals surface area contributed by atoms with Crippen molar-refractivity contribution in [3.63, 3.8) is 0 Å². The van der Waals surface area contributed by atoms with Crippen LogP contribution in [-0.2, 0) is 7.05 Å². The van der Waals surface area contributed by atoms with Crippen molar-refractivity contribution >= 4 is 0 Å². The van der Waals surface area contributed by atoms with E-state index >= 15 is 0 Å². The van der Waals surface area contributed by atoms with Gasteiger partial charge in [-0.15, -0.1) is 0 Å². The van der Waals surface area contributed by atoms with E-state index < -0.39 is 12.1 Å². The first kappa shape index (κ1) is 9.18. The maximum absolute atomic E-state index is 9.44. The van der Waals surface area contributed by atoms with E-state index in [-0.39, 0.29) is 6.61 Å². The van der Waals surface area contributed by atoms with Gasteiger partial charge in [-0.1, -0.05) is 0 Å². The maximum Gasteiger partial charge on any atom is 0.115 e. The van der Waals surface area contributed by atoms with E-state index in [0.29, 0.717) is 5.69 Å². The van der Waals surface area contributed by atoms with Crippen LogP contribution in [0, 0.1) is 0 Å². The van der Waals surface area contributed by atoms with Gasteiger partial charge in [-0.05, 0) is 0 Å². The topological polar surface area (TPSA) is 84.3 Å². The molecule has 5 heteroatoms. The Hall–Kier alpha value is -0.910. The summed E-state index contributed by atoms with van der Waals surface area (Å²) in [5, 5.41) is 18.1. The summed E-state index contributed by atoms with van der Waals surface area (Å²) in [6.07, 6.45) is 2.35. The number of nitrogens with zero attached hydrogens (tertiary/aromatic N) is 2. The van der Waals surface area contributed by atoms with Crippen molar-refractivity contribution in [1.29, 1.82) is 0 Å². The number of aliphatic hydroxyl groups is 2. The molecule has 0 aromatic carbocycles. The van der Waals surface area contributed by atoms with E-state index in [4.69, 9.17) is 10.8 Å². The summed E-state index contributed by atoms with van der Waals surface area (Å²) >= 11 is 0. The molecule has 0 saturated carbocycles. The monoisotopic (exact) mass is 171 g/mol. The Kier molecular flexibility index (Phi) is 2.80. The van der Waals surface area contributed by atoms with Crippen molar-refractivity contribution < 1.29 is 10.2 Å². The van der Waals surface area contributed by atoms with Crippen molar-refractivity contribution in [2.24, 2.45) is 12.8 Å². The lowest BCUT2D eigenvalue weighted by atomic mass is 10.1. The Balaban J connectivity index is 2.70. The first-order valence-electron chi connectivity index (χ1n) is 3.67. The summed E-state index contributed by atoms with van der Waals surface area (Å²) in [5.41, 5.74) is 5.89. The second kappa shape index (κ2) is 3.66. The molecule has 68 valence electrons. The lowest BCUT2D eigenvalue weighted by molar-refractivity contribution is 0.106. The fraction of sp³-hybridized carbons (Fsp3) is 0.571. The van der Waals surface area contributed by atoms with Gasteiger partial charge in [-0.3, -0.25) is 0 Å². The number of rotatable bonds is 3. The van der Waals surface area contributed by atoms with Gasteiger partial charge in [0.05, 0.1) is 24.7 Å². The number of hydrogen-bond acceptors (Lipinski definition) is 4. The molecule has 0 aliphatic carbocycles. The molecule has 5 nitrogen and oxygen atoms in total. The molecule has 1 aromatic heterocycles. The van der Waals surface area contributed by atoms with Gasteiger partial charge in [-0.2, -0.15) is 0 Å². The van der Waals surface area contributed by atoms with Crippen LogP contribution < -0.4 is 5.73 Å². The molecule has 0 saturated heterocycles. The number of aryl methyl sites for hydroxylation is 1. The van der Waals surface area contributed by atoms with Crippen LogP contribution in [0.5, 0.6) is 0 Å². The zero-order chi connectivity index (χ0) is 9.14. The second-order valence-electron chi connectivity index (χ2n) is 2.76. The Labute approximate surface area is 70.5 Å². The fourth-order valence-corrected chi connectivity index (χ4v) is 0.905. The van der Waals surface area contributed by atoms with Crippen molar-refractivity contribution in [2.45, 2.75) is 12.1 Å². The van der Waals surface area contributed by atoms with Crippen molar-refractivity contribution in [3.8, 4) is 0 Å². The van der Waals surface area contributed by atoms with E-state index in [0.717, 1.165) is 0 Å². The number of imidazole rings is 1. The Morgan fingerprint density at radius 2 is 2.42 bits per heavy atom. The van der Waals surface area contributed by atoms with Gasteiger partial charge < -0.3 is 20.5 Å². The second-order valence-corrected chi connectivity index (χ2v) is 2.76. The van der Waals surface area contributed by atoms with E-state index in [9.17, 15) is 5.11 Å². The number of aliphatic hydroxyl groups excluding tert-OH is 2. The van der Waals surface area contributed by atoms with E-state index in [1.807, 2.05) is 0 Å². The van der Waals surface area contributed by atoms with Gasteiger partial charge >= 0.3 is 0 Å². The van der Waals surface area contributed by atoms with Crippen LogP contribution in [0.3, 0.4) is 0 Å². The molecule has 0 amide bonds. The highest BCUT2D eigenvalue weighted by atomic mass is 16.3. The quantitative estimate of drug-likeness (QED) is 0.532. The molecule has 2 atom stereocenters. The van der Waals surface area contributed by atoms with Crippen LogP contribution in [0.2, 0.25) is 0 Å². The molecule has 0 aliphatic rings. The SMILES string of the molecule is Cn1cnc(C(O)C(N)CO)c1. The van der Waals surface area contributed by atoms with Crippen LogP contribution >= 0.6 is 0 Å². The van der Waals surface area contributed by atoms with E-state index in [1.165, 1.54) is 0 Å². The summed E-state index contributed by atoms with van der Waals surface area (Å²) in [6.45, 7) is -0.252. The Morgan fingerprint density at radius 1 is 1.75 bits per heavy atom. The van der Waals surface area contributed by atoms with Gasteiger partial charge in [0.2, 0.25) is 0 Å². The zero-order valence-corrected chi connectivity index (χ0v) is 6.88. The van der Waals surface area contributed by atoms with Crippen molar-refractivity contribution in [3.05, 3.63) is 18.2 Å². The zero-order valence-electron chi connectivity index (χ0n) is 6.88. The molecule has 0 spiro atoms. The largest absolute Gasteiger partial charge is 0.395 e. The molecule has 1 heterocycles. The third kappa shape index (κ3) is 1.82. The van der Waals surface area contributed by atoms with Gasteiger partial charge in [0.1, 0.15) is 6.10 Å². The molecule has 1 aromatic rings. The highest BCUT2D eigenvalue weighted by Gasteiger charge is 2.17. The average molecular weight is 171 g/mol. The van der Waals surface area contributed by atoms with Crippen molar-refractivity contribution in [2.75, 3.05) is 6.61 Å². The lowest BCUT2D eigenvalue weighted by Crippen LogP contribution is -2.32. The minimum Gasteiger partial charge on any atom is -0.395 e. The average Bonchev–Trinajstić information content (AvgIpc) is 2.49. The molecule has 0 aliphatic heterocycles. The molecule has 0 fully saturated rings. The molecule has 0 radical (unpaired) electrons. The molecular formula is C7H13N3O2. The number of aromatic nitrogens is 2. The van der Waals surface area contributed by atoms with Crippen LogP contribution in [0.4, 0.5) is 0 Å². The summed E-state index contributed by atoms with van der Waals surface area (Å²) in [6, 6.07) is -0.667. The predicted molar refractivity (Wildman–Crippen MR) is 43.2 cm³/mol. The molecule has 4 N–H and O–H groups in total. The van der Waals surface area contributed by atoms with E-state index in [2.05, 4.69) is 4.98 Å². The number of nitrogens with two attached hydrogens (primary N) is 1. The first-order valence-corrected chi connectivity index (χ1v) is 3.67. The van der Waals surface area contributed by atoms with Crippen molar-refractivity contribution in [1.82, 2.24) is 9.55 Å². The third-order valence-corrected chi connectivity index (χ3v) is 1.64. The fourth-order valence-electron chi connectivity index (χ4n) is 0.905. The highest BCUT2D eigenvalue weighted by Crippen LogP contribution is 2.11. The molecule has 12 heavy (non-hydrogen) atoms. The van der Waals surface area contributed by atoms with Gasteiger partial charge in [0.15, 0.2) is 0 Å². The smallest absolute Gasteiger partial charge is 0.115 e. The summed E-state index contributed by atoms with van der Waals surface area (Å²) in [4.78, 5) is 3.91. The molecule has 2 unspecified atom stereocenters. The third-order valence-electron chi connectivity index (χ3n) is 1.64. The van der Waals surface area contributed by atoms with Crippen LogP contribution in [0.15, 0.2) is 12.5 Å². The van der Waals surface area contributed by atoms with Crippen LogP contribution in [0.25, 0.3) is 0 Å². The molecular weight excluding hydrogens is 158 g/mol. The summed E-state index contributed by atoms with van der Waals surface area (Å²) in [5.74, 6) is 0. The van der Waals surface area contributed by atoms with Crippen LogP contribution in [0.1, 0.15) is 11.8 Å². The van der Waals surface area contributed by atoms with Gasteiger partial charge in [0.25, 0.3) is 0 Å². The van der Waals surface area contributed by atoms with Crippen LogP contribution in [-0.4, -0.2) is 32.4 Å². The molecule has 0 bridgehead atoms. The predicted octanol–water partition coefficient (Wildman–Crippen LogP) is -1.23. The maximum atomic E-state index is 9.44. The Bertz CT molecular complexity index is 249. The highest BCUT2D eigenvalue weighted by molar-refractivity contribution is 5.03. The summed E-state index contributed by atoms with van der Waals surface area (Å²) in [7, 11) is 1.80. The van der Waals surface area contributed by atoms with Gasteiger partial charge in [0, 0.05) is 13.2 Å². The minimum absolute atomic E-state index is 0.252. The Morgan fingerprint density at radius 3 is 2.83 bits per heavy atom. The first-order chi connectivity index (χ1) is 5.65. The van der Waals surface area contributed by atoms with E-state index in [1.54, 1.807) is 24.1 Å².